The molecule has 1 N–H and O–H groups in total. The number of nitrogens with zero attached hydrogens (tertiary/aromatic N) is 2. The Morgan fingerprint density at radius 2 is 1.67 bits per heavy atom. The third-order valence-corrected chi connectivity index (χ3v) is 6.57. The molecule has 164 valence electrons. The molecule has 2 heterocycles. The lowest BCUT2D eigenvalue weighted by Gasteiger charge is -2.39. The Kier molecular flexibility index (Phi) is 7.51. The van der Waals surface area contributed by atoms with Crippen LogP contribution < -0.4 is 5.32 Å². The van der Waals surface area contributed by atoms with Crippen LogP contribution in [0.25, 0.3) is 0 Å². The van der Waals surface area contributed by atoms with E-state index in [1.165, 1.54) is 0 Å². The smallest absolute Gasteiger partial charge is 0.250 e. The zero-order valence-corrected chi connectivity index (χ0v) is 18.5. The van der Waals surface area contributed by atoms with E-state index >= 15 is 0 Å². The highest BCUT2D eigenvalue weighted by Gasteiger charge is 2.37. The number of benzene rings is 1. The Morgan fingerprint density at radius 1 is 1.00 bits per heavy atom. The van der Waals surface area contributed by atoms with Crippen LogP contribution in [0.1, 0.15) is 64.5 Å². The molecule has 6 heteroatoms. The van der Waals surface area contributed by atoms with E-state index in [2.05, 4.69) is 19.2 Å². The van der Waals surface area contributed by atoms with Crippen molar-refractivity contribution < 1.29 is 14.4 Å². The lowest BCUT2D eigenvalue weighted by Crippen LogP contribution is -2.50. The van der Waals surface area contributed by atoms with Gasteiger partial charge in [-0.15, -0.1) is 0 Å². The van der Waals surface area contributed by atoms with Crippen molar-refractivity contribution in [1.29, 1.82) is 0 Å². The van der Waals surface area contributed by atoms with Gasteiger partial charge in [-0.3, -0.25) is 14.4 Å². The van der Waals surface area contributed by atoms with Crippen LogP contribution >= 0.6 is 0 Å². The predicted molar refractivity (Wildman–Crippen MR) is 116 cm³/mol. The second-order valence-electron chi connectivity index (χ2n) is 9.00. The quantitative estimate of drug-likeness (QED) is 0.779. The summed E-state index contributed by atoms with van der Waals surface area (Å²) in [7, 11) is 0. The Labute approximate surface area is 180 Å². The third-order valence-electron chi connectivity index (χ3n) is 6.57. The summed E-state index contributed by atoms with van der Waals surface area (Å²) >= 11 is 0. The summed E-state index contributed by atoms with van der Waals surface area (Å²) in [5, 5.41) is 3.10. The number of hydrogen-bond donors (Lipinski definition) is 1. The van der Waals surface area contributed by atoms with Crippen LogP contribution in [0.15, 0.2) is 30.3 Å². The summed E-state index contributed by atoms with van der Waals surface area (Å²) in [5.41, 5.74) is 0.864. The number of carbonyl (C=O) groups is 3. The van der Waals surface area contributed by atoms with Crippen molar-refractivity contribution in [2.75, 3.05) is 19.6 Å². The first-order valence-electron chi connectivity index (χ1n) is 11.3. The summed E-state index contributed by atoms with van der Waals surface area (Å²) in [4.78, 5) is 42.3. The second kappa shape index (κ2) is 10.1. The van der Waals surface area contributed by atoms with Gasteiger partial charge < -0.3 is 15.1 Å². The Bertz CT molecular complexity index is 741. The minimum atomic E-state index is -0.565. The first-order valence-corrected chi connectivity index (χ1v) is 11.3. The van der Waals surface area contributed by atoms with Gasteiger partial charge in [0.25, 0.3) is 0 Å². The first kappa shape index (κ1) is 22.3. The number of nitrogens with one attached hydrogen (secondary N) is 1. The van der Waals surface area contributed by atoms with E-state index in [9.17, 15) is 14.4 Å². The number of piperidine rings is 2. The largest absolute Gasteiger partial charge is 0.353 e. The van der Waals surface area contributed by atoms with Gasteiger partial charge >= 0.3 is 0 Å². The van der Waals surface area contributed by atoms with Crippen LogP contribution in [0.5, 0.6) is 0 Å². The van der Waals surface area contributed by atoms with Crippen LogP contribution in [0.4, 0.5) is 0 Å². The maximum absolute atomic E-state index is 13.5. The van der Waals surface area contributed by atoms with Crippen molar-refractivity contribution in [3.05, 3.63) is 35.9 Å². The summed E-state index contributed by atoms with van der Waals surface area (Å²) in [5.74, 6) is 0.465. The fourth-order valence-corrected chi connectivity index (χ4v) is 4.23. The molecule has 0 saturated carbocycles. The molecule has 3 amide bonds. The fraction of sp³-hybridized carbons (Fsp3) is 0.625. The normalized spacial score (nSPS) is 20.2. The standard InChI is InChI=1S/C24H35N3O3/c1-17(2)18(3)25-23(29)20-12-15-26(16-13-20)24(30)22(19-9-5-4-6-10-19)27-14-8-7-11-21(27)28/h4-6,9-10,17-18,20,22H,7-8,11-16H2,1-3H3,(H,25,29). The summed E-state index contributed by atoms with van der Waals surface area (Å²) in [6, 6.07) is 9.18. The molecule has 0 aromatic heterocycles. The molecule has 2 atom stereocenters. The fourth-order valence-electron chi connectivity index (χ4n) is 4.23. The summed E-state index contributed by atoms with van der Waals surface area (Å²) in [6.45, 7) is 7.95. The third kappa shape index (κ3) is 5.21. The molecule has 2 saturated heterocycles. The number of hydrogen-bond acceptors (Lipinski definition) is 3. The Hall–Kier alpha value is -2.37. The molecule has 2 aliphatic rings. The molecule has 6 nitrogen and oxygen atoms in total. The molecule has 0 bridgehead atoms. The molecule has 1 aromatic rings. The van der Waals surface area contributed by atoms with Crippen molar-refractivity contribution in [3.63, 3.8) is 0 Å². The van der Waals surface area contributed by atoms with E-state index in [1.807, 2.05) is 42.2 Å². The minimum Gasteiger partial charge on any atom is -0.353 e. The van der Waals surface area contributed by atoms with Gasteiger partial charge in [0.2, 0.25) is 17.7 Å². The maximum atomic E-state index is 13.5. The Balaban J connectivity index is 1.67. The molecular weight excluding hydrogens is 378 g/mol. The highest BCUT2D eigenvalue weighted by atomic mass is 16.2. The average Bonchev–Trinajstić information content (AvgIpc) is 2.76. The van der Waals surface area contributed by atoms with Crippen molar-refractivity contribution >= 4 is 17.7 Å². The molecule has 3 rings (SSSR count). The zero-order chi connectivity index (χ0) is 21.7. The molecule has 0 radical (unpaired) electrons. The van der Waals surface area contributed by atoms with Crippen LogP contribution in [0.2, 0.25) is 0 Å². The summed E-state index contributed by atoms with van der Waals surface area (Å²) < 4.78 is 0. The van der Waals surface area contributed by atoms with Crippen LogP contribution in [0, 0.1) is 11.8 Å². The van der Waals surface area contributed by atoms with Gasteiger partial charge in [-0.05, 0) is 44.1 Å². The molecule has 2 fully saturated rings. The number of likely N-dealkylation sites (tertiary alicyclic amines) is 2. The van der Waals surface area contributed by atoms with Crippen molar-refractivity contribution in [3.8, 4) is 0 Å². The topological polar surface area (TPSA) is 69.7 Å². The molecule has 1 aromatic carbocycles. The highest BCUT2D eigenvalue weighted by molar-refractivity contribution is 5.89. The van der Waals surface area contributed by atoms with Gasteiger partial charge in [0.15, 0.2) is 0 Å². The molecule has 0 spiro atoms. The average molecular weight is 414 g/mol. The van der Waals surface area contributed by atoms with Gasteiger partial charge in [-0.25, -0.2) is 0 Å². The van der Waals surface area contributed by atoms with Crippen molar-refractivity contribution in [1.82, 2.24) is 15.1 Å². The van der Waals surface area contributed by atoms with Gasteiger partial charge in [0.05, 0.1) is 0 Å². The van der Waals surface area contributed by atoms with Crippen molar-refractivity contribution in [2.24, 2.45) is 11.8 Å². The van der Waals surface area contributed by atoms with Crippen LogP contribution in [-0.2, 0) is 14.4 Å². The first-order chi connectivity index (χ1) is 14.4. The van der Waals surface area contributed by atoms with Gasteiger partial charge in [-0.2, -0.15) is 0 Å². The zero-order valence-electron chi connectivity index (χ0n) is 18.5. The molecule has 30 heavy (non-hydrogen) atoms. The molecule has 0 aliphatic carbocycles. The molecular formula is C24H35N3O3. The van der Waals surface area contributed by atoms with E-state index in [1.54, 1.807) is 4.90 Å². The van der Waals surface area contributed by atoms with Crippen molar-refractivity contribution in [2.45, 2.75) is 65.0 Å². The number of amides is 3. The van der Waals surface area contributed by atoms with E-state index in [4.69, 9.17) is 0 Å². The molecule has 2 unspecified atom stereocenters. The SMILES string of the molecule is CC(C)C(C)NC(=O)C1CCN(C(=O)C(c2ccccc2)N2CCCCC2=O)CC1. The lowest BCUT2D eigenvalue weighted by atomic mass is 9.93. The van der Waals surface area contributed by atoms with Gasteiger partial charge in [0.1, 0.15) is 6.04 Å². The van der Waals surface area contributed by atoms with E-state index in [0.717, 1.165) is 18.4 Å². The van der Waals surface area contributed by atoms with E-state index in [0.29, 0.717) is 44.8 Å². The second-order valence-corrected chi connectivity index (χ2v) is 9.00. The van der Waals surface area contributed by atoms with Gasteiger partial charge in [0, 0.05) is 38.0 Å². The highest BCUT2D eigenvalue weighted by Crippen LogP contribution is 2.29. The van der Waals surface area contributed by atoms with Gasteiger partial charge in [-0.1, -0.05) is 44.2 Å². The van der Waals surface area contributed by atoms with Crippen LogP contribution in [-0.4, -0.2) is 53.2 Å². The summed E-state index contributed by atoms with van der Waals surface area (Å²) in [6.07, 6.45) is 3.65. The van der Waals surface area contributed by atoms with Crippen LogP contribution in [0.3, 0.4) is 0 Å². The predicted octanol–water partition coefficient (Wildman–Crippen LogP) is 3.14. The number of carbonyl (C=O) groups excluding carboxylic acids is 3. The Morgan fingerprint density at radius 3 is 2.27 bits per heavy atom. The monoisotopic (exact) mass is 413 g/mol. The number of rotatable bonds is 6. The van der Waals surface area contributed by atoms with E-state index in [-0.39, 0.29) is 29.7 Å². The maximum Gasteiger partial charge on any atom is 0.250 e. The lowest BCUT2D eigenvalue weighted by molar-refractivity contribution is -0.149. The minimum absolute atomic E-state index is 0.0224. The molecule has 2 aliphatic heterocycles. The van der Waals surface area contributed by atoms with E-state index < -0.39 is 6.04 Å².